The zero-order chi connectivity index (χ0) is 17.1. The lowest BCUT2D eigenvalue weighted by molar-refractivity contribution is 0.414. The second-order valence-corrected chi connectivity index (χ2v) is 6.91. The Morgan fingerprint density at radius 3 is 2.80 bits per heavy atom. The summed E-state index contributed by atoms with van der Waals surface area (Å²) in [5, 5.41) is 5.18. The number of para-hydroxylation sites is 1. The summed E-state index contributed by atoms with van der Waals surface area (Å²) < 4.78 is 5.22. The van der Waals surface area contributed by atoms with Gasteiger partial charge in [0.1, 0.15) is 5.75 Å². The minimum absolute atomic E-state index is 0.465. The molecule has 0 fully saturated rings. The third-order valence-corrected chi connectivity index (χ3v) is 5.31. The summed E-state index contributed by atoms with van der Waals surface area (Å²) in [5.74, 6) is 0.926. The molecule has 25 heavy (non-hydrogen) atoms. The zero-order valence-electron chi connectivity index (χ0n) is 14.8. The maximum absolute atomic E-state index is 5.22. The van der Waals surface area contributed by atoms with Crippen LogP contribution < -0.4 is 10.1 Å². The van der Waals surface area contributed by atoms with Crippen LogP contribution in [0.3, 0.4) is 0 Å². The topological polar surface area (TPSA) is 37.0 Å². The lowest BCUT2D eigenvalue weighted by Crippen LogP contribution is -2.26. The van der Waals surface area contributed by atoms with E-state index in [1.807, 2.05) is 12.1 Å². The van der Waals surface area contributed by atoms with Crippen molar-refractivity contribution in [1.82, 2.24) is 10.3 Å². The molecule has 1 heterocycles. The van der Waals surface area contributed by atoms with E-state index in [2.05, 4.69) is 46.7 Å². The predicted molar refractivity (Wildman–Crippen MR) is 103 cm³/mol. The number of H-pyrrole nitrogens is 1. The molecule has 3 aromatic rings. The molecule has 4 rings (SSSR count). The van der Waals surface area contributed by atoms with E-state index in [-0.39, 0.29) is 0 Å². The molecule has 3 heteroatoms. The van der Waals surface area contributed by atoms with Gasteiger partial charge >= 0.3 is 0 Å². The average Bonchev–Trinajstić information content (AvgIpc) is 3.05. The molecule has 1 aliphatic carbocycles. The van der Waals surface area contributed by atoms with Crippen LogP contribution in [-0.2, 0) is 12.8 Å². The van der Waals surface area contributed by atoms with Gasteiger partial charge in [-0.2, -0.15) is 0 Å². The summed E-state index contributed by atoms with van der Waals surface area (Å²) in [6, 6.07) is 17.6. The van der Waals surface area contributed by atoms with E-state index in [0.29, 0.717) is 6.04 Å². The molecule has 1 aliphatic rings. The highest BCUT2D eigenvalue weighted by atomic mass is 16.5. The lowest BCUT2D eigenvalue weighted by atomic mass is 9.91. The average molecular weight is 334 g/mol. The first-order valence-corrected chi connectivity index (χ1v) is 9.31. The van der Waals surface area contributed by atoms with Crippen molar-refractivity contribution in [3.63, 3.8) is 0 Å². The van der Waals surface area contributed by atoms with Gasteiger partial charge in [0.25, 0.3) is 0 Å². The summed E-state index contributed by atoms with van der Waals surface area (Å²) in [6.45, 7) is 1.05. The van der Waals surface area contributed by atoms with Crippen molar-refractivity contribution in [3.8, 4) is 5.75 Å². The number of hydrogen-bond acceptors (Lipinski definition) is 2. The number of benzene rings is 2. The Morgan fingerprint density at radius 1 is 1.12 bits per heavy atom. The van der Waals surface area contributed by atoms with Gasteiger partial charge in [-0.3, -0.25) is 0 Å². The Labute approximate surface area is 149 Å². The molecule has 0 spiro atoms. The lowest BCUT2D eigenvalue weighted by Gasteiger charge is -2.24. The van der Waals surface area contributed by atoms with E-state index in [1.54, 1.807) is 7.11 Å². The fourth-order valence-corrected chi connectivity index (χ4v) is 3.98. The van der Waals surface area contributed by atoms with E-state index in [9.17, 15) is 0 Å². The van der Waals surface area contributed by atoms with Crippen LogP contribution >= 0.6 is 0 Å². The second-order valence-electron chi connectivity index (χ2n) is 6.91. The Hall–Kier alpha value is -2.26. The number of ether oxygens (including phenoxy) is 1. The maximum atomic E-state index is 5.22. The van der Waals surface area contributed by atoms with Crippen LogP contribution in [0.15, 0.2) is 48.5 Å². The van der Waals surface area contributed by atoms with Crippen LogP contribution in [0.5, 0.6) is 5.75 Å². The molecular formula is C22H26N2O. The van der Waals surface area contributed by atoms with Gasteiger partial charge in [-0.25, -0.2) is 0 Å². The van der Waals surface area contributed by atoms with Crippen LogP contribution in [-0.4, -0.2) is 18.6 Å². The smallest absolute Gasteiger partial charge is 0.118 e. The van der Waals surface area contributed by atoms with Crippen molar-refractivity contribution in [1.29, 1.82) is 0 Å². The molecule has 130 valence electrons. The molecule has 3 nitrogen and oxygen atoms in total. The highest BCUT2D eigenvalue weighted by Crippen LogP contribution is 2.34. The Morgan fingerprint density at radius 2 is 1.96 bits per heavy atom. The normalized spacial score (nSPS) is 16.8. The van der Waals surface area contributed by atoms with Gasteiger partial charge in [-0.05, 0) is 68.0 Å². The van der Waals surface area contributed by atoms with Crippen molar-refractivity contribution in [2.45, 2.75) is 38.1 Å². The second kappa shape index (κ2) is 7.32. The molecule has 0 saturated carbocycles. The van der Waals surface area contributed by atoms with Crippen molar-refractivity contribution in [2.75, 3.05) is 13.7 Å². The number of hydrogen-bond donors (Lipinski definition) is 2. The molecule has 0 amide bonds. The van der Waals surface area contributed by atoms with E-state index in [0.717, 1.165) is 25.1 Å². The minimum Gasteiger partial charge on any atom is -0.497 e. The molecule has 1 unspecified atom stereocenters. The van der Waals surface area contributed by atoms with Crippen molar-refractivity contribution in [3.05, 3.63) is 65.4 Å². The summed E-state index contributed by atoms with van der Waals surface area (Å²) in [5.41, 5.74) is 5.59. The van der Waals surface area contributed by atoms with Gasteiger partial charge in [0, 0.05) is 22.6 Å². The van der Waals surface area contributed by atoms with Crippen molar-refractivity contribution >= 4 is 10.9 Å². The van der Waals surface area contributed by atoms with E-state index in [1.165, 1.54) is 47.0 Å². The number of aryl methyl sites for hydroxylation is 2. The summed E-state index contributed by atoms with van der Waals surface area (Å²) in [7, 11) is 1.71. The Bertz CT molecular complexity index is 835. The number of nitrogens with one attached hydrogen (secondary N) is 2. The maximum Gasteiger partial charge on any atom is 0.118 e. The first-order chi connectivity index (χ1) is 12.3. The fraction of sp³-hybridized carbons (Fsp3) is 0.364. The van der Waals surface area contributed by atoms with Crippen LogP contribution in [0.1, 0.15) is 42.1 Å². The third-order valence-electron chi connectivity index (χ3n) is 5.31. The summed E-state index contributed by atoms with van der Waals surface area (Å²) in [6.07, 6.45) is 5.94. The first-order valence-electron chi connectivity index (χ1n) is 9.31. The van der Waals surface area contributed by atoms with Crippen molar-refractivity contribution < 1.29 is 4.74 Å². The van der Waals surface area contributed by atoms with Crippen LogP contribution in [0.2, 0.25) is 0 Å². The monoisotopic (exact) mass is 334 g/mol. The third kappa shape index (κ3) is 3.42. The minimum atomic E-state index is 0.465. The molecule has 1 aromatic heterocycles. The Kier molecular flexibility index (Phi) is 4.75. The molecule has 0 saturated heterocycles. The number of aromatic amines is 1. The van der Waals surface area contributed by atoms with E-state index in [4.69, 9.17) is 4.74 Å². The molecule has 0 aliphatic heterocycles. The van der Waals surface area contributed by atoms with Crippen LogP contribution in [0.4, 0.5) is 0 Å². The van der Waals surface area contributed by atoms with E-state index >= 15 is 0 Å². The largest absolute Gasteiger partial charge is 0.497 e. The van der Waals surface area contributed by atoms with Gasteiger partial charge in [-0.15, -0.1) is 0 Å². The number of rotatable bonds is 6. The van der Waals surface area contributed by atoms with Gasteiger partial charge in [0.15, 0.2) is 0 Å². The quantitative estimate of drug-likeness (QED) is 0.637. The fourth-order valence-electron chi connectivity index (χ4n) is 3.98. The number of aromatic nitrogens is 1. The molecule has 1 atom stereocenters. The highest BCUT2D eigenvalue weighted by molar-refractivity contribution is 5.85. The number of fused-ring (bicyclic) bond motifs is 3. The molecule has 0 radical (unpaired) electrons. The van der Waals surface area contributed by atoms with Gasteiger partial charge < -0.3 is 15.0 Å². The van der Waals surface area contributed by atoms with E-state index < -0.39 is 0 Å². The van der Waals surface area contributed by atoms with Crippen LogP contribution in [0, 0.1) is 0 Å². The van der Waals surface area contributed by atoms with Gasteiger partial charge in [-0.1, -0.05) is 30.3 Å². The van der Waals surface area contributed by atoms with Crippen LogP contribution in [0.25, 0.3) is 10.9 Å². The SMILES string of the molecule is COc1ccc(CCCNC2CCCc3c2[nH]c2ccccc32)cc1. The zero-order valence-corrected chi connectivity index (χ0v) is 14.8. The molecule has 0 bridgehead atoms. The van der Waals surface area contributed by atoms with Gasteiger partial charge in [0.2, 0.25) is 0 Å². The van der Waals surface area contributed by atoms with Crippen molar-refractivity contribution in [2.24, 2.45) is 0 Å². The summed E-state index contributed by atoms with van der Waals surface area (Å²) >= 11 is 0. The Balaban J connectivity index is 1.36. The molecular weight excluding hydrogens is 308 g/mol. The standard InChI is InChI=1S/C22H26N2O/c1-25-17-13-11-16(12-14-17)6-5-15-23-21-10-4-8-19-18-7-2-3-9-20(18)24-22(19)21/h2-3,7,9,11-14,21,23-24H,4-6,8,10,15H2,1H3. The first kappa shape index (κ1) is 16.2. The van der Waals surface area contributed by atoms with Gasteiger partial charge in [0.05, 0.1) is 7.11 Å². The molecule has 2 aromatic carbocycles. The molecule has 2 N–H and O–H groups in total. The number of methoxy groups -OCH3 is 1. The predicted octanol–water partition coefficient (Wildman–Crippen LogP) is 4.78. The highest BCUT2D eigenvalue weighted by Gasteiger charge is 2.23. The summed E-state index contributed by atoms with van der Waals surface area (Å²) in [4.78, 5) is 3.66.